The minimum absolute atomic E-state index is 0.158. The molecule has 2 aromatic rings. The highest BCUT2D eigenvalue weighted by atomic mass is 79.9. The number of nitrogens with zero attached hydrogens (tertiary/aromatic N) is 2. The third-order valence-corrected chi connectivity index (χ3v) is 4.92. The highest BCUT2D eigenvalue weighted by Gasteiger charge is 2.46. The Bertz CT molecular complexity index is 986. The van der Waals surface area contributed by atoms with Gasteiger partial charge >= 0.3 is 0 Å². The van der Waals surface area contributed by atoms with Gasteiger partial charge in [0.05, 0.1) is 23.1 Å². The molecule has 1 amide bonds. The smallest absolute Gasteiger partial charge is 0.295 e. The number of ketones is 1. The number of carbonyl (C=O) groups excluding carboxylic acids is 2. The number of non-ortho nitro benzene ring substituents is 1. The van der Waals surface area contributed by atoms with Crippen molar-refractivity contribution in [3.63, 3.8) is 0 Å². The zero-order valence-electron chi connectivity index (χ0n) is 14.4. The number of hydrogen-bond donors (Lipinski definition) is 2. The molecule has 2 N–H and O–H groups in total. The molecule has 0 bridgehead atoms. The number of nitro groups is 1. The number of amides is 1. The zero-order valence-corrected chi connectivity index (χ0v) is 16.0. The summed E-state index contributed by atoms with van der Waals surface area (Å²) in [4.78, 5) is 36.8. The molecule has 28 heavy (non-hydrogen) atoms. The van der Waals surface area contributed by atoms with E-state index in [1.165, 1.54) is 24.3 Å². The number of β-amino-alcohol motifs (C(OH)–C–C–N with tert-alkyl or cyclic N) is 1. The first-order valence-corrected chi connectivity index (χ1v) is 9.04. The first kappa shape index (κ1) is 19.7. The summed E-state index contributed by atoms with van der Waals surface area (Å²) in [5.41, 5.74) is 0.220. The molecule has 0 radical (unpaired) electrons. The Morgan fingerprint density at radius 1 is 1.18 bits per heavy atom. The predicted octanol–water partition coefficient (Wildman–Crippen LogP) is 2.77. The Balaban J connectivity index is 2.20. The Hall–Kier alpha value is -3.04. The van der Waals surface area contributed by atoms with E-state index in [9.17, 15) is 29.9 Å². The molecule has 0 spiro atoms. The van der Waals surface area contributed by atoms with E-state index in [4.69, 9.17) is 0 Å². The number of carbonyl (C=O) groups is 2. The van der Waals surface area contributed by atoms with Gasteiger partial charge in [0.25, 0.3) is 17.4 Å². The Morgan fingerprint density at radius 2 is 1.86 bits per heavy atom. The van der Waals surface area contributed by atoms with Crippen molar-refractivity contribution in [3.05, 3.63) is 79.8 Å². The second-order valence-electron chi connectivity index (χ2n) is 6.08. The van der Waals surface area contributed by atoms with Crippen LogP contribution in [-0.4, -0.2) is 44.9 Å². The number of Topliss-reactive ketones (excluding diaryl/α,β-unsaturated/α-hetero) is 1. The minimum Gasteiger partial charge on any atom is -0.507 e. The van der Waals surface area contributed by atoms with Gasteiger partial charge in [0.2, 0.25) is 0 Å². The van der Waals surface area contributed by atoms with Crippen LogP contribution in [0.5, 0.6) is 0 Å². The molecule has 2 aromatic carbocycles. The highest BCUT2D eigenvalue weighted by molar-refractivity contribution is 9.10. The van der Waals surface area contributed by atoms with E-state index in [0.29, 0.717) is 11.1 Å². The summed E-state index contributed by atoms with van der Waals surface area (Å²) in [6.07, 6.45) is 0. The molecule has 144 valence electrons. The maximum atomic E-state index is 12.6. The summed E-state index contributed by atoms with van der Waals surface area (Å²) in [5.74, 6) is -2.18. The lowest BCUT2D eigenvalue weighted by atomic mass is 9.95. The van der Waals surface area contributed by atoms with Crippen molar-refractivity contribution in [1.29, 1.82) is 0 Å². The molecule has 1 heterocycles. The largest absolute Gasteiger partial charge is 0.507 e. The molecule has 1 aliphatic rings. The van der Waals surface area contributed by atoms with Crippen molar-refractivity contribution in [2.75, 3.05) is 13.2 Å². The molecule has 1 aliphatic heterocycles. The van der Waals surface area contributed by atoms with Crippen LogP contribution in [-0.2, 0) is 9.59 Å². The lowest BCUT2D eigenvalue weighted by molar-refractivity contribution is -0.384. The first-order valence-electron chi connectivity index (χ1n) is 8.24. The number of likely N-dealkylation sites (tertiary alicyclic amines) is 1. The summed E-state index contributed by atoms with van der Waals surface area (Å²) in [7, 11) is 0. The molecule has 0 aliphatic carbocycles. The number of rotatable bonds is 5. The van der Waals surface area contributed by atoms with Gasteiger partial charge in [-0.15, -0.1) is 0 Å². The third-order valence-electron chi connectivity index (χ3n) is 4.40. The maximum absolute atomic E-state index is 12.6. The van der Waals surface area contributed by atoms with Gasteiger partial charge in [-0.1, -0.05) is 40.2 Å². The van der Waals surface area contributed by atoms with E-state index in [1.807, 2.05) is 0 Å². The standard InChI is InChI=1S/C19H15BrN2O6/c20-13-6-4-11(5-7-13)17(24)15-16(21(8-9-23)19(26)18(15)25)12-2-1-3-14(10-12)22(27)28/h1-7,10,16,23-24H,8-9H2/b17-15+. The van der Waals surface area contributed by atoms with Crippen LogP contribution in [0.1, 0.15) is 17.2 Å². The number of hydrogen-bond acceptors (Lipinski definition) is 6. The molecule has 1 saturated heterocycles. The van der Waals surface area contributed by atoms with Crippen LogP contribution in [0.3, 0.4) is 0 Å². The molecular formula is C19H15BrN2O6. The Kier molecular flexibility index (Phi) is 5.57. The van der Waals surface area contributed by atoms with Crippen LogP contribution < -0.4 is 0 Å². The second kappa shape index (κ2) is 7.91. The number of aliphatic hydroxyl groups is 2. The average molecular weight is 447 g/mol. The monoisotopic (exact) mass is 446 g/mol. The van der Waals surface area contributed by atoms with Crippen molar-refractivity contribution in [1.82, 2.24) is 4.90 Å². The molecule has 3 rings (SSSR count). The molecular weight excluding hydrogens is 432 g/mol. The molecule has 0 aromatic heterocycles. The Labute approximate surface area is 168 Å². The minimum atomic E-state index is -1.05. The number of aliphatic hydroxyl groups excluding tert-OH is 2. The number of halogens is 1. The molecule has 9 heteroatoms. The highest BCUT2D eigenvalue weighted by Crippen LogP contribution is 2.40. The van der Waals surface area contributed by atoms with E-state index in [1.54, 1.807) is 24.3 Å². The van der Waals surface area contributed by atoms with Gasteiger partial charge in [-0.25, -0.2) is 0 Å². The second-order valence-corrected chi connectivity index (χ2v) is 6.99. The molecule has 1 atom stereocenters. The predicted molar refractivity (Wildman–Crippen MR) is 103 cm³/mol. The lowest BCUT2D eigenvalue weighted by Gasteiger charge is -2.24. The number of benzene rings is 2. The van der Waals surface area contributed by atoms with E-state index >= 15 is 0 Å². The van der Waals surface area contributed by atoms with Crippen molar-refractivity contribution in [2.45, 2.75) is 6.04 Å². The van der Waals surface area contributed by atoms with Gasteiger partial charge in [-0.05, 0) is 17.7 Å². The lowest BCUT2D eigenvalue weighted by Crippen LogP contribution is -2.32. The average Bonchev–Trinajstić information content (AvgIpc) is 2.93. The van der Waals surface area contributed by atoms with Crippen molar-refractivity contribution in [3.8, 4) is 0 Å². The SMILES string of the molecule is O=C1C(=O)N(CCO)C(c2cccc([N+](=O)[O-])c2)/C1=C(\O)c1ccc(Br)cc1. The van der Waals surface area contributed by atoms with Gasteiger partial charge in [0.1, 0.15) is 5.76 Å². The Morgan fingerprint density at radius 3 is 2.46 bits per heavy atom. The fraction of sp³-hybridized carbons (Fsp3) is 0.158. The van der Waals surface area contributed by atoms with Crippen LogP contribution in [0.15, 0.2) is 58.6 Å². The molecule has 1 unspecified atom stereocenters. The molecule has 1 fully saturated rings. The summed E-state index contributed by atoms with van der Waals surface area (Å²) < 4.78 is 0.764. The maximum Gasteiger partial charge on any atom is 0.295 e. The van der Waals surface area contributed by atoms with Crippen LogP contribution in [0.4, 0.5) is 5.69 Å². The normalized spacial score (nSPS) is 18.5. The quantitative estimate of drug-likeness (QED) is 0.239. The van der Waals surface area contributed by atoms with Crippen molar-refractivity contribution < 1.29 is 24.7 Å². The molecule has 8 nitrogen and oxygen atoms in total. The molecule has 0 saturated carbocycles. The summed E-state index contributed by atoms with van der Waals surface area (Å²) in [6.45, 7) is -0.564. The fourth-order valence-electron chi connectivity index (χ4n) is 3.14. The van der Waals surface area contributed by atoms with Crippen molar-refractivity contribution in [2.24, 2.45) is 0 Å². The zero-order chi connectivity index (χ0) is 20.4. The third kappa shape index (κ3) is 3.54. The van der Waals surface area contributed by atoms with E-state index in [0.717, 1.165) is 9.37 Å². The van der Waals surface area contributed by atoms with Crippen LogP contribution in [0.25, 0.3) is 5.76 Å². The fourth-order valence-corrected chi connectivity index (χ4v) is 3.40. The van der Waals surface area contributed by atoms with Gasteiger partial charge in [0, 0.05) is 28.7 Å². The van der Waals surface area contributed by atoms with Crippen LogP contribution in [0.2, 0.25) is 0 Å². The summed E-state index contributed by atoms with van der Waals surface area (Å²) >= 11 is 3.28. The van der Waals surface area contributed by atoms with Crippen LogP contribution in [0, 0.1) is 10.1 Å². The van der Waals surface area contributed by atoms with E-state index < -0.39 is 29.3 Å². The summed E-state index contributed by atoms with van der Waals surface area (Å²) in [6, 6.07) is 10.9. The van der Waals surface area contributed by atoms with Crippen LogP contribution >= 0.6 is 15.9 Å². The van der Waals surface area contributed by atoms with E-state index in [2.05, 4.69) is 15.9 Å². The first-order chi connectivity index (χ1) is 13.3. The van der Waals surface area contributed by atoms with Gasteiger partial charge < -0.3 is 15.1 Å². The number of nitro benzene ring substituents is 1. The van der Waals surface area contributed by atoms with Gasteiger partial charge in [-0.2, -0.15) is 0 Å². The summed E-state index contributed by atoms with van der Waals surface area (Å²) in [5, 5.41) is 31.2. The van der Waals surface area contributed by atoms with Gasteiger partial charge in [-0.3, -0.25) is 19.7 Å². The van der Waals surface area contributed by atoms with E-state index in [-0.39, 0.29) is 23.6 Å². The van der Waals surface area contributed by atoms with Gasteiger partial charge in [0.15, 0.2) is 0 Å². The topological polar surface area (TPSA) is 121 Å². The van der Waals surface area contributed by atoms with Crippen molar-refractivity contribution >= 4 is 39.1 Å².